The van der Waals surface area contributed by atoms with E-state index in [1.165, 1.54) is 0 Å². The molecule has 1 heterocycles. The summed E-state index contributed by atoms with van der Waals surface area (Å²) < 4.78 is 18.0. The molecule has 1 aliphatic carbocycles. The maximum atomic E-state index is 13.4. The smallest absolute Gasteiger partial charge is 0.276 e. The van der Waals surface area contributed by atoms with Crippen molar-refractivity contribution < 1.29 is 23.9 Å². The molecule has 38 heavy (non-hydrogen) atoms. The lowest BCUT2D eigenvalue weighted by Crippen LogP contribution is -2.36. The number of nitrogens with zero attached hydrogens (tertiary/aromatic N) is 1. The Bertz CT molecular complexity index is 1300. The molecule has 202 valence electrons. The van der Waals surface area contributed by atoms with Crippen LogP contribution in [0.25, 0.3) is 0 Å². The molecule has 0 spiro atoms. The van der Waals surface area contributed by atoms with E-state index in [1.54, 1.807) is 26.2 Å². The van der Waals surface area contributed by atoms with Gasteiger partial charge in [-0.25, -0.2) is 0 Å². The van der Waals surface area contributed by atoms with Crippen LogP contribution in [0, 0.1) is 16.0 Å². The van der Waals surface area contributed by atoms with E-state index in [1.807, 2.05) is 31.2 Å². The Morgan fingerprint density at radius 3 is 2.63 bits per heavy atom. The summed E-state index contributed by atoms with van der Waals surface area (Å²) in [5, 5.41) is 15.5. The summed E-state index contributed by atoms with van der Waals surface area (Å²) in [6.07, 6.45) is 3.03. The van der Waals surface area contributed by atoms with Gasteiger partial charge in [-0.1, -0.05) is 25.5 Å². The van der Waals surface area contributed by atoms with E-state index in [0.29, 0.717) is 52.3 Å². The normalized spacial score (nSPS) is 19.1. The number of ketones is 1. The molecule has 0 bridgehead atoms. The fourth-order valence-electron chi connectivity index (χ4n) is 5.36. The molecule has 2 aliphatic rings. The van der Waals surface area contributed by atoms with Gasteiger partial charge in [-0.05, 0) is 83.9 Å². The van der Waals surface area contributed by atoms with Crippen molar-refractivity contribution in [3.8, 4) is 17.2 Å². The van der Waals surface area contributed by atoms with Crippen LogP contribution in [0.4, 0.5) is 0 Å². The topological polar surface area (TPSA) is 99.9 Å². The molecular weight excluding hydrogens is 552 g/mol. The maximum absolute atomic E-state index is 13.4. The molecule has 1 N–H and O–H groups in total. The summed E-state index contributed by atoms with van der Waals surface area (Å²) in [5.74, 6) is 1.06. The van der Waals surface area contributed by atoms with Crippen LogP contribution in [0.3, 0.4) is 0 Å². The van der Waals surface area contributed by atoms with Crippen LogP contribution in [-0.2, 0) is 11.4 Å². The molecule has 9 heteroatoms. The molecule has 1 aliphatic heterocycles. The molecule has 0 saturated carbocycles. The number of nitro groups is 1. The lowest BCUT2D eigenvalue weighted by Gasteiger charge is -2.34. The third kappa shape index (κ3) is 5.72. The highest BCUT2D eigenvalue weighted by Crippen LogP contribution is 2.47. The number of dihydropyridines is 1. The molecule has 2 unspecified atom stereocenters. The molecule has 2 atom stereocenters. The first-order valence-electron chi connectivity index (χ1n) is 12.9. The molecule has 4 rings (SSSR count). The van der Waals surface area contributed by atoms with Crippen molar-refractivity contribution in [3.63, 3.8) is 0 Å². The van der Waals surface area contributed by atoms with Crippen molar-refractivity contribution in [2.45, 2.75) is 59.0 Å². The van der Waals surface area contributed by atoms with Crippen molar-refractivity contribution >= 4 is 21.7 Å². The SMILES string of the molecule is CCCC1CC(=O)C2=C(C1)NC(C)=C([N+](=O)[O-])C2c1cc(Br)c(OCc2cccc(OC)c2)c(OCC)c1. The van der Waals surface area contributed by atoms with Gasteiger partial charge in [-0.3, -0.25) is 14.9 Å². The van der Waals surface area contributed by atoms with Gasteiger partial charge in [0.05, 0.1) is 28.8 Å². The lowest BCUT2D eigenvalue weighted by atomic mass is 9.74. The third-order valence-corrected chi connectivity index (χ3v) is 7.54. The number of methoxy groups -OCH3 is 1. The van der Waals surface area contributed by atoms with Crippen LogP contribution < -0.4 is 19.5 Å². The molecule has 0 amide bonds. The quantitative estimate of drug-likeness (QED) is 0.246. The van der Waals surface area contributed by atoms with Crippen LogP contribution in [0.2, 0.25) is 0 Å². The standard InChI is InChI=1S/C29H33BrN2O6/c1-5-8-18-12-23-27(24(33)13-18)26(28(32(34)35)17(3)31-23)20-14-22(30)29(25(15-20)37-6-2)38-16-19-9-7-10-21(11-19)36-4/h7,9-11,14-15,18,26,31H,5-6,8,12-13,16H2,1-4H3. The minimum atomic E-state index is -0.806. The van der Waals surface area contributed by atoms with Gasteiger partial charge in [0.15, 0.2) is 17.3 Å². The van der Waals surface area contributed by atoms with E-state index in [9.17, 15) is 14.9 Å². The van der Waals surface area contributed by atoms with Gasteiger partial charge >= 0.3 is 0 Å². The van der Waals surface area contributed by atoms with Crippen LogP contribution in [0.5, 0.6) is 17.2 Å². The van der Waals surface area contributed by atoms with Gasteiger partial charge in [-0.15, -0.1) is 0 Å². The van der Waals surface area contributed by atoms with Crippen LogP contribution in [0.15, 0.2) is 63.5 Å². The molecule has 0 saturated heterocycles. The van der Waals surface area contributed by atoms with Crippen molar-refractivity contribution in [2.24, 2.45) is 5.92 Å². The van der Waals surface area contributed by atoms with E-state index in [2.05, 4.69) is 28.2 Å². The average molecular weight is 585 g/mol. The van der Waals surface area contributed by atoms with E-state index in [-0.39, 0.29) is 28.9 Å². The first kappa shape index (κ1) is 27.7. The summed E-state index contributed by atoms with van der Waals surface area (Å²) in [7, 11) is 1.61. The number of rotatable bonds is 10. The van der Waals surface area contributed by atoms with Crippen LogP contribution in [-0.4, -0.2) is 24.4 Å². The zero-order chi connectivity index (χ0) is 27.4. The van der Waals surface area contributed by atoms with E-state index >= 15 is 0 Å². The summed E-state index contributed by atoms with van der Waals surface area (Å²) in [5.41, 5.74) is 3.23. The summed E-state index contributed by atoms with van der Waals surface area (Å²) in [6.45, 7) is 6.32. The van der Waals surface area contributed by atoms with Gasteiger partial charge in [0, 0.05) is 17.7 Å². The number of halogens is 1. The van der Waals surface area contributed by atoms with Crippen molar-refractivity contribution in [1.29, 1.82) is 0 Å². The molecule has 0 fully saturated rings. The number of benzene rings is 2. The molecule has 2 aromatic carbocycles. The Balaban J connectivity index is 1.76. The minimum Gasteiger partial charge on any atom is -0.497 e. The predicted molar refractivity (Wildman–Crippen MR) is 148 cm³/mol. The average Bonchev–Trinajstić information content (AvgIpc) is 2.87. The Kier molecular flexibility index (Phi) is 8.76. The zero-order valence-electron chi connectivity index (χ0n) is 22.1. The number of Topliss-reactive ketones (excluding diaryl/α,β-unsaturated/α-hetero) is 1. The van der Waals surface area contributed by atoms with E-state index < -0.39 is 5.92 Å². The molecule has 0 aromatic heterocycles. The van der Waals surface area contributed by atoms with E-state index in [4.69, 9.17) is 14.2 Å². The monoisotopic (exact) mass is 584 g/mol. The number of carbonyl (C=O) groups excluding carboxylic acids is 1. The molecule has 8 nitrogen and oxygen atoms in total. The number of allylic oxidation sites excluding steroid dienone is 3. The number of nitrogens with one attached hydrogen (secondary N) is 1. The minimum absolute atomic E-state index is 0.0227. The Labute approximate surface area is 231 Å². The highest BCUT2D eigenvalue weighted by atomic mass is 79.9. The maximum Gasteiger partial charge on any atom is 0.276 e. The molecular formula is C29H33BrN2O6. The second kappa shape index (κ2) is 12.0. The first-order chi connectivity index (χ1) is 18.3. The Hall–Kier alpha value is -3.33. The van der Waals surface area contributed by atoms with E-state index in [0.717, 1.165) is 29.9 Å². The van der Waals surface area contributed by atoms with Crippen LogP contribution in [0.1, 0.15) is 63.5 Å². The van der Waals surface area contributed by atoms with Crippen molar-refractivity contribution in [2.75, 3.05) is 13.7 Å². The number of hydrogen-bond donors (Lipinski definition) is 1. The van der Waals surface area contributed by atoms with Gasteiger partial charge in [0.1, 0.15) is 18.3 Å². The van der Waals surface area contributed by atoms with Gasteiger partial charge in [0.25, 0.3) is 5.70 Å². The summed E-state index contributed by atoms with van der Waals surface area (Å²) >= 11 is 3.61. The zero-order valence-corrected chi connectivity index (χ0v) is 23.7. The Morgan fingerprint density at radius 1 is 1.16 bits per heavy atom. The van der Waals surface area contributed by atoms with Crippen LogP contribution >= 0.6 is 15.9 Å². The fraction of sp³-hybridized carbons (Fsp3) is 0.414. The molecule has 2 aromatic rings. The summed E-state index contributed by atoms with van der Waals surface area (Å²) in [6, 6.07) is 11.1. The van der Waals surface area contributed by atoms with Gasteiger partial charge in [-0.2, -0.15) is 0 Å². The second-order valence-electron chi connectivity index (χ2n) is 9.61. The highest BCUT2D eigenvalue weighted by molar-refractivity contribution is 9.10. The largest absolute Gasteiger partial charge is 0.497 e. The highest BCUT2D eigenvalue weighted by Gasteiger charge is 2.44. The number of carbonyl (C=O) groups is 1. The predicted octanol–water partition coefficient (Wildman–Crippen LogP) is 6.66. The number of ether oxygens (including phenoxy) is 3. The Morgan fingerprint density at radius 2 is 1.95 bits per heavy atom. The van der Waals surface area contributed by atoms with Gasteiger partial charge in [0.2, 0.25) is 0 Å². The third-order valence-electron chi connectivity index (χ3n) is 6.95. The summed E-state index contributed by atoms with van der Waals surface area (Å²) in [4.78, 5) is 25.3. The number of hydrogen-bond acceptors (Lipinski definition) is 7. The lowest BCUT2D eigenvalue weighted by molar-refractivity contribution is -0.431. The van der Waals surface area contributed by atoms with Gasteiger partial charge < -0.3 is 19.5 Å². The molecule has 0 radical (unpaired) electrons. The first-order valence-corrected chi connectivity index (χ1v) is 13.7. The fourth-order valence-corrected chi connectivity index (χ4v) is 5.94. The van der Waals surface area contributed by atoms with Crippen molar-refractivity contribution in [3.05, 3.63) is 84.8 Å². The van der Waals surface area contributed by atoms with Crippen molar-refractivity contribution in [1.82, 2.24) is 5.32 Å². The second-order valence-corrected chi connectivity index (χ2v) is 10.5.